The van der Waals surface area contributed by atoms with Gasteiger partial charge in [-0.05, 0) is 25.5 Å². The number of rotatable bonds is 3. The molecule has 0 spiro atoms. The highest BCUT2D eigenvalue weighted by atomic mass is 16.2. The van der Waals surface area contributed by atoms with Gasteiger partial charge in [-0.1, -0.05) is 30.3 Å². The molecule has 1 aromatic heterocycles. The van der Waals surface area contributed by atoms with E-state index >= 15 is 0 Å². The van der Waals surface area contributed by atoms with Gasteiger partial charge in [0.05, 0.1) is 0 Å². The first-order valence-corrected chi connectivity index (χ1v) is 7.66. The summed E-state index contributed by atoms with van der Waals surface area (Å²) in [5, 5.41) is 10.6. The summed E-state index contributed by atoms with van der Waals surface area (Å²) < 4.78 is 0. The van der Waals surface area contributed by atoms with Crippen LogP contribution in [-0.2, 0) is 6.42 Å². The summed E-state index contributed by atoms with van der Waals surface area (Å²) >= 11 is 0. The predicted octanol–water partition coefficient (Wildman–Crippen LogP) is 1.82. The van der Waals surface area contributed by atoms with Gasteiger partial charge in [0.1, 0.15) is 5.69 Å². The van der Waals surface area contributed by atoms with Crippen LogP contribution in [0.3, 0.4) is 0 Å². The highest BCUT2D eigenvalue weighted by Crippen LogP contribution is 2.14. The van der Waals surface area contributed by atoms with Crippen molar-refractivity contribution in [2.24, 2.45) is 0 Å². The maximum Gasteiger partial charge on any atom is 0.274 e. The van der Waals surface area contributed by atoms with Crippen LogP contribution in [0.25, 0.3) is 0 Å². The Morgan fingerprint density at radius 3 is 2.82 bits per heavy atom. The second-order valence-electron chi connectivity index (χ2n) is 6.48. The smallest absolute Gasteiger partial charge is 0.274 e. The van der Waals surface area contributed by atoms with Crippen LogP contribution >= 0.6 is 0 Å². The molecule has 1 aromatic carbocycles. The van der Waals surface area contributed by atoms with Crippen molar-refractivity contribution in [3.8, 4) is 0 Å². The predicted molar refractivity (Wildman–Crippen MR) is 85.8 cm³/mol. The van der Waals surface area contributed by atoms with E-state index in [9.17, 15) is 4.79 Å². The van der Waals surface area contributed by atoms with Gasteiger partial charge in [0, 0.05) is 37.3 Å². The Kier molecular flexibility index (Phi) is 3.98. The van der Waals surface area contributed by atoms with E-state index in [1.807, 2.05) is 29.2 Å². The number of aromatic amines is 1. The molecule has 0 atom stereocenters. The average Bonchev–Trinajstić information content (AvgIpc) is 2.95. The lowest BCUT2D eigenvalue weighted by molar-refractivity contribution is 0.0646. The SMILES string of the molecule is CC1(C)CN(C(=O)c2cc(Cc3ccccc3)[nH]n2)CCN1. The standard InChI is InChI=1S/C17H22N4O/c1-17(2)12-21(9-8-18-17)16(22)15-11-14(19-20-15)10-13-6-4-3-5-7-13/h3-7,11,18H,8-10,12H2,1-2H3,(H,19,20). The van der Waals surface area contributed by atoms with Gasteiger partial charge in [0.25, 0.3) is 5.91 Å². The van der Waals surface area contributed by atoms with E-state index in [1.54, 1.807) is 0 Å². The van der Waals surface area contributed by atoms with Gasteiger partial charge in [-0.25, -0.2) is 0 Å². The van der Waals surface area contributed by atoms with Gasteiger partial charge in [0.2, 0.25) is 0 Å². The van der Waals surface area contributed by atoms with Crippen LogP contribution in [-0.4, -0.2) is 46.2 Å². The number of H-pyrrole nitrogens is 1. The minimum absolute atomic E-state index is 0.00476. The fourth-order valence-electron chi connectivity index (χ4n) is 2.85. The first kappa shape index (κ1) is 14.8. The number of piperazine rings is 1. The van der Waals surface area contributed by atoms with Crippen molar-refractivity contribution in [1.29, 1.82) is 0 Å². The number of hydrogen-bond donors (Lipinski definition) is 2. The maximum atomic E-state index is 12.6. The zero-order chi connectivity index (χ0) is 15.6. The third-order valence-electron chi connectivity index (χ3n) is 3.95. The first-order chi connectivity index (χ1) is 10.5. The van der Waals surface area contributed by atoms with E-state index in [-0.39, 0.29) is 11.4 Å². The van der Waals surface area contributed by atoms with Crippen molar-refractivity contribution in [2.75, 3.05) is 19.6 Å². The Labute approximate surface area is 130 Å². The number of hydrogen-bond acceptors (Lipinski definition) is 3. The largest absolute Gasteiger partial charge is 0.334 e. The van der Waals surface area contributed by atoms with Crippen molar-refractivity contribution in [2.45, 2.75) is 25.8 Å². The molecule has 2 heterocycles. The third-order valence-corrected chi connectivity index (χ3v) is 3.95. The van der Waals surface area contributed by atoms with E-state index in [0.29, 0.717) is 12.2 Å². The second-order valence-corrected chi connectivity index (χ2v) is 6.48. The monoisotopic (exact) mass is 298 g/mol. The van der Waals surface area contributed by atoms with Gasteiger partial charge < -0.3 is 10.2 Å². The van der Waals surface area contributed by atoms with Crippen molar-refractivity contribution in [3.63, 3.8) is 0 Å². The topological polar surface area (TPSA) is 61.0 Å². The Morgan fingerprint density at radius 1 is 1.32 bits per heavy atom. The molecule has 1 saturated heterocycles. The molecule has 5 heteroatoms. The average molecular weight is 298 g/mol. The van der Waals surface area contributed by atoms with Gasteiger partial charge in [-0.3, -0.25) is 9.89 Å². The first-order valence-electron chi connectivity index (χ1n) is 7.66. The molecule has 0 saturated carbocycles. The van der Waals surface area contributed by atoms with Crippen molar-refractivity contribution < 1.29 is 4.79 Å². The number of carbonyl (C=O) groups excluding carboxylic acids is 1. The van der Waals surface area contributed by atoms with Crippen LogP contribution in [0.5, 0.6) is 0 Å². The molecule has 1 aliphatic heterocycles. The normalized spacial score (nSPS) is 17.5. The highest BCUT2D eigenvalue weighted by Gasteiger charge is 2.30. The van der Waals surface area contributed by atoms with Crippen LogP contribution < -0.4 is 5.32 Å². The quantitative estimate of drug-likeness (QED) is 0.909. The summed E-state index contributed by atoms with van der Waals surface area (Å²) in [6, 6.07) is 12.0. The molecule has 2 N–H and O–H groups in total. The summed E-state index contributed by atoms with van der Waals surface area (Å²) in [7, 11) is 0. The van der Waals surface area contributed by atoms with Crippen LogP contribution in [0.4, 0.5) is 0 Å². The summed E-state index contributed by atoms with van der Waals surface area (Å²) in [6.07, 6.45) is 0.758. The lowest BCUT2D eigenvalue weighted by Gasteiger charge is -2.38. The molecule has 5 nitrogen and oxygen atoms in total. The molecule has 116 valence electrons. The van der Waals surface area contributed by atoms with Gasteiger partial charge in [-0.15, -0.1) is 0 Å². The summed E-state index contributed by atoms with van der Waals surface area (Å²) in [5.41, 5.74) is 2.62. The Balaban J connectivity index is 1.69. The van der Waals surface area contributed by atoms with Crippen molar-refractivity contribution in [3.05, 3.63) is 53.3 Å². The van der Waals surface area contributed by atoms with E-state index in [4.69, 9.17) is 0 Å². The number of carbonyl (C=O) groups is 1. The molecule has 3 rings (SSSR count). The summed E-state index contributed by atoms with van der Waals surface area (Å²) in [5.74, 6) is 0.00476. The molecule has 22 heavy (non-hydrogen) atoms. The molecular formula is C17H22N4O. The molecule has 0 bridgehead atoms. The van der Waals surface area contributed by atoms with Gasteiger partial charge in [-0.2, -0.15) is 5.10 Å². The lowest BCUT2D eigenvalue weighted by atomic mass is 10.0. The molecule has 0 aliphatic carbocycles. The lowest BCUT2D eigenvalue weighted by Crippen LogP contribution is -2.58. The Bertz CT molecular complexity index is 648. The highest BCUT2D eigenvalue weighted by molar-refractivity contribution is 5.92. The molecule has 2 aromatic rings. The maximum absolute atomic E-state index is 12.6. The minimum atomic E-state index is -0.0446. The number of nitrogens with zero attached hydrogens (tertiary/aromatic N) is 2. The van der Waals surface area contributed by atoms with E-state index in [1.165, 1.54) is 5.56 Å². The van der Waals surface area contributed by atoms with Crippen LogP contribution in [0, 0.1) is 0 Å². The second kappa shape index (κ2) is 5.93. The number of aromatic nitrogens is 2. The Morgan fingerprint density at radius 2 is 2.09 bits per heavy atom. The number of amides is 1. The third kappa shape index (κ3) is 3.36. The number of nitrogens with one attached hydrogen (secondary N) is 2. The Hall–Kier alpha value is -2.14. The van der Waals surface area contributed by atoms with Gasteiger partial charge in [0.15, 0.2) is 0 Å². The number of benzene rings is 1. The van der Waals surface area contributed by atoms with Gasteiger partial charge >= 0.3 is 0 Å². The summed E-state index contributed by atoms with van der Waals surface area (Å²) in [4.78, 5) is 14.4. The zero-order valence-corrected chi connectivity index (χ0v) is 13.1. The fourth-order valence-corrected chi connectivity index (χ4v) is 2.85. The van der Waals surface area contributed by atoms with E-state index in [0.717, 1.165) is 25.2 Å². The van der Waals surface area contributed by atoms with Crippen molar-refractivity contribution >= 4 is 5.91 Å². The molecule has 0 unspecified atom stereocenters. The van der Waals surface area contributed by atoms with E-state index in [2.05, 4.69) is 41.5 Å². The molecule has 1 fully saturated rings. The van der Waals surface area contributed by atoms with E-state index < -0.39 is 0 Å². The molecular weight excluding hydrogens is 276 g/mol. The molecule has 0 radical (unpaired) electrons. The van der Waals surface area contributed by atoms with Crippen LogP contribution in [0.15, 0.2) is 36.4 Å². The van der Waals surface area contributed by atoms with Crippen LogP contribution in [0.2, 0.25) is 0 Å². The zero-order valence-electron chi connectivity index (χ0n) is 13.1. The van der Waals surface area contributed by atoms with Crippen LogP contribution in [0.1, 0.15) is 35.6 Å². The summed E-state index contributed by atoms with van der Waals surface area (Å²) in [6.45, 7) is 6.46. The van der Waals surface area contributed by atoms with Crippen molar-refractivity contribution in [1.82, 2.24) is 20.4 Å². The molecule has 1 amide bonds. The molecule has 1 aliphatic rings. The fraction of sp³-hybridized carbons (Fsp3) is 0.412. The minimum Gasteiger partial charge on any atom is -0.334 e.